The molecule has 0 spiro atoms. The molecule has 1 unspecified atom stereocenters. The van der Waals surface area contributed by atoms with Crippen LogP contribution in [0.15, 0.2) is 18.3 Å². The summed E-state index contributed by atoms with van der Waals surface area (Å²) in [6.07, 6.45) is 1.95. The van der Waals surface area contributed by atoms with Crippen molar-refractivity contribution in [2.75, 3.05) is 18.8 Å². The summed E-state index contributed by atoms with van der Waals surface area (Å²) in [7, 11) is 0. The van der Waals surface area contributed by atoms with Gasteiger partial charge in [0.2, 0.25) is 5.91 Å². The first kappa shape index (κ1) is 13.8. The van der Waals surface area contributed by atoms with Crippen molar-refractivity contribution in [2.45, 2.75) is 38.9 Å². The van der Waals surface area contributed by atoms with Crippen LogP contribution in [0, 0.1) is 0 Å². The first-order chi connectivity index (χ1) is 8.85. The number of hydrogen-bond donors (Lipinski definition) is 1. The van der Waals surface area contributed by atoms with Crippen LogP contribution in [-0.4, -0.2) is 40.6 Å². The second kappa shape index (κ2) is 5.17. The maximum Gasteiger partial charge on any atom is 0.228 e. The Morgan fingerprint density at radius 2 is 2.32 bits per heavy atom. The van der Waals surface area contributed by atoms with E-state index in [1.165, 1.54) is 0 Å². The third-order valence-corrected chi connectivity index (χ3v) is 3.10. The van der Waals surface area contributed by atoms with Gasteiger partial charge in [-0.15, -0.1) is 0 Å². The normalized spacial score (nSPS) is 22.3. The maximum atomic E-state index is 12.3. The molecule has 0 aliphatic carbocycles. The number of morpholine rings is 1. The monoisotopic (exact) mass is 263 g/mol. The number of anilines is 1. The number of hydrogen-bond acceptors (Lipinski definition) is 4. The van der Waals surface area contributed by atoms with Crippen molar-refractivity contribution in [2.24, 2.45) is 0 Å². The number of amides is 1. The zero-order valence-electron chi connectivity index (χ0n) is 11.7. The van der Waals surface area contributed by atoms with E-state index in [2.05, 4.69) is 4.98 Å². The number of nitrogens with zero attached hydrogens (tertiary/aromatic N) is 2. The SMILES string of the molecule is CC1CN(C(=O)Cc2ccc(N)cn2)CC(C)(C)O1. The van der Waals surface area contributed by atoms with Gasteiger partial charge in [0.05, 0.1) is 30.0 Å². The summed E-state index contributed by atoms with van der Waals surface area (Å²) in [4.78, 5) is 18.3. The molecule has 0 radical (unpaired) electrons. The van der Waals surface area contributed by atoms with Gasteiger partial charge in [-0.05, 0) is 32.9 Å². The average Bonchev–Trinajstić information content (AvgIpc) is 2.29. The van der Waals surface area contributed by atoms with Crippen LogP contribution >= 0.6 is 0 Å². The van der Waals surface area contributed by atoms with Gasteiger partial charge < -0.3 is 15.4 Å². The van der Waals surface area contributed by atoms with E-state index in [4.69, 9.17) is 10.5 Å². The van der Waals surface area contributed by atoms with E-state index in [1.54, 1.807) is 18.3 Å². The fourth-order valence-electron chi connectivity index (χ4n) is 2.45. The quantitative estimate of drug-likeness (QED) is 0.871. The zero-order chi connectivity index (χ0) is 14.0. The Balaban J connectivity index is 2.01. The molecule has 19 heavy (non-hydrogen) atoms. The average molecular weight is 263 g/mol. The summed E-state index contributed by atoms with van der Waals surface area (Å²) in [6, 6.07) is 3.56. The van der Waals surface area contributed by atoms with E-state index in [9.17, 15) is 4.79 Å². The van der Waals surface area contributed by atoms with Gasteiger partial charge >= 0.3 is 0 Å². The molecule has 5 nitrogen and oxygen atoms in total. The van der Waals surface area contributed by atoms with Crippen LogP contribution in [-0.2, 0) is 16.0 Å². The third-order valence-electron chi connectivity index (χ3n) is 3.10. The van der Waals surface area contributed by atoms with E-state index in [1.807, 2.05) is 25.7 Å². The summed E-state index contributed by atoms with van der Waals surface area (Å²) in [5, 5.41) is 0. The lowest BCUT2D eigenvalue weighted by Gasteiger charge is -2.41. The third kappa shape index (κ3) is 3.67. The van der Waals surface area contributed by atoms with Crippen LogP contribution in [0.3, 0.4) is 0 Å². The van der Waals surface area contributed by atoms with Gasteiger partial charge in [-0.3, -0.25) is 9.78 Å². The fourth-order valence-corrected chi connectivity index (χ4v) is 2.45. The van der Waals surface area contributed by atoms with Gasteiger partial charge in [0.15, 0.2) is 0 Å². The first-order valence-electron chi connectivity index (χ1n) is 6.52. The van der Waals surface area contributed by atoms with Gasteiger partial charge in [-0.25, -0.2) is 0 Å². The topological polar surface area (TPSA) is 68.5 Å². The highest BCUT2D eigenvalue weighted by atomic mass is 16.5. The second-order valence-corrected chi connectivity index (χ2v) is 5.72. The smallest absolute Gasteiger partial charge is 0.228 e. The van der Waals surface area contributed by atoms with Crippen molar-refractivity contribution >= 4 is 11.6 Å². The van der Waals surface area contributed by atoms with Crippen molar-refractivity contribution in [1.29, 1.82) is 0 Å². The zero-order valence-corrected chi connectivity index (χ0v) is 11.7. The van der Waals surface area contributed by atoms with E-state index in [0.717, 1.165) is 5.69 Å². The summed E-state index contributed by atoms with van der Waals surface area (Å²) >= 11 is 0. The number of nitrogen functional groups attached to an aromatic ring is 1. The highest BCUT2D eigenvalue weighted by molar-refractivity contribution is 5.78. The Morgan fingerprint density at radius 3 is 2.89 bits per heavy atom. The van der Waals surface area contributed by atoms with Crippen LogP contribution in [0.5, 0.6) is 0 Å². The van der Waals surface area contributed by atoms with Gasteiger partial charge in [-0.1, -0.05) is 0 Å². The van der Waals surface area contributed by atoms with Gasteiger partial charge in [0.25, 0.3) is 0 Å². The maximum absolute atomic E-state index is 12.3. The molecule has 1 aromatic heterocycles. The van der Waals surface area contributed by atoms with Crippen molar-refractivity contribution in [1.82, 2.24) is 9.88 Å². The number of pyridine rings is 1. The molecular weight excluding hydrogens is 242 g/mol. The van der Waals surface area contributed by atoms with Crippen molar-refractivity contribution in [3.63, 3.8) is 0 Å². The molecule has 0 saturated carbocycles. The van der Waals surface area contributed by atoms with Crippen LogP contribution < -0.4 is 5.73 Å². The molecule has 104 valence electrons. The standard InChI is InChI=1S/C14H21N3O2/c1-10-8-17(9-14(2,3)19-10)13(18)6-12-5-4-11(15)7-16-12/h4-5,7,10H,6,8-9,15H2,1-3H3. The Kier molecular flexibility index (Phi) is 3.75. The summed E-state index contributed by atoms with van der Waals surface area (Å²) in [5.74, 6) is 0.0838. The minimum absolute atomic E-state index is 0.0621. The molecule has 0 aromatic carbocycles. The van der Waals surface area contributed by atoms with Crippen LogP contribution in [0.25, 0.3) is 0 Å². The lowest BCUT2D eigenvalue weighted by Crippen LogP contribution is -2.54. The highest BCUT2D eigenvalue weighted by Gasteiger charge is 2.33. The molecule has 1 aliphatic heterocycles. The molecule has 1 aliphatic rings. The number of rotatable bonds is 2. The van der Waals surface area contributed by atoms with Crippen LogP contribution in [0.1, 0.15) is 26.5 Å². The Bertz CT molecular complexity index is 456. The minimum Gasteiger partial charge on any atom is -0.397 e. The first-order valence-corrected chi connectivity index (χ1v) is 6.52. The van der Waals surface area contributed by atoms with E-state index in [-0.39, 0.29) is 17.6 Å². The van der Waals surface area contributed by atoms with Crippen molar-refractivity contribution in [3.05, 3.63) is 24.0 Å². The molecule has 2 rings (SSSR count). The molecular formula is C14H21N3O2. The molecule has 1 fully saturated rings. The van der Waals surface area contributed by atoms with Crippen molar-refractivity contribution in [3.8, 4) is 0 Å². The molecule has 0 bridgehead atoms. The number of aromatic nitrogens is 1. The van der Waals surface area contributed by atoms with Crippen LogP contribution in [0.4, 0.5) is 5.69 Å². The second-order valence-electron chi connectivity index (χ2n) is 5.72. The lowest BCUT2D eigenvalue weighted by atomic mass is 10.0. The molecule has 5 heteroatoms. The van der Waals surface area contributed by atoms with Crippen LogP contribution in [0.2, 0.25) is 0 Å². The van der Waals surface area contributed by atoms with Crippen molar-refractivity contribution < 1.29 is 9.53 Å². The van der Waals surface area contributed by atoms with Gasteiger partial charge in [0.1, 0.15) is 0 Å². The van der Waals surface area contributed by atoms with Gasteiger partial charge in [-0.2, -0.15) is 0 Å². The van der Waals surface area contributed by atoms with E-state index >= 15 is 0 Å². The van der Waals surface area contributed by atoms with E-state index in [0.29, 0.717) is 25.2 Å². The minimum atomic E-state index is -0.290. The molecule has 1 atom stereocenters. The Morgan fingerprint density at radius 1 is 1.58 bits per heavy atom. The molecule has 1 amide bonds. The molecule has 2 heterocycles. The number of ether oxygens (including phenoxy) is 1. The number of carbonyl (C=O) groups is 1. The predicted octanol–water partition coefficient (Wildman–Crippen LogP) is 1.23. The molecule has 1 saturated heterocycles. The summed E-state index contributed by atoms with van der Waals surface area (Å²) in [6.45, 7) is 7.25. The predicted molar refractivity (Wildman–Crippen MR) is 73.6 cm³/mol. The Hall–Kier alpha value is -1.62. The Labute approximate surface area is 113 Å². The summed E-state index contributed by atoms with van der Waals surface area (Å²) < 4.78 is 5.79. The fraction of sp³-hybridized carbons (Fsp3) is 0.571. The number of nitrogens with two attached hydrogens (primary N) is 1. The largest absolute Gasteiger partial charge is 0.397 e. The van der Waals surface area contributed by atoms with E-state index < -0.39 is 0 Å². The highest BCUT2D eigenvalue weighted by Crippen LogP contribution is 2.21. The number of carbonyl (C=O) groups excluding carboxylic acids is 1. The molecule has 1 aromatic rings. The lowest BCUT2D eigenvalue weighted by molar-refractivity contribution is -0.157. The summed E-state index contributed by atoms with van der Waals surface area (Å²) in [5.41, 5.74) is 6.64. The van der Waals surface area contributed by atoms with Gasteiger partial charge in [0, 0.05) is 18.8 Å². The molecule has 2 N–H and O–H groups in total.